The van der Waals surface area contributed by atoms with Crippen molar-refractivity contribution in [2.75, 3.05) is 13.2 Å². The number of ether oxygens (including phenoxy) is 2. The van der Waals surface area contributed by atoms with Gasteiger partial charge in [0.05, 0.1) is 6.10 Å². The molecule has 2 unspecified atom stereocenters. The average molecular weight is 481 g/mol. The Balaban J connectivity index is 1.37. The van der Waals surface area contributed by atoms with Gasteiger partial charge in [-0.05, 0) is 47.9 Å². The van der Waals surface area contributed by atoms with Crippen molar-refractivity contribution in [3.8, 4) is 11.1 Å². The van der Waals surface area contributed by atoms with E-state index in [0.717, 1.165) is 22.3 Å². The van der Waals surface area contributed by atoms with Gasteiger partial charge >= 0.3 is 12.1 Å². The van der Waals surface area contributed by atoms with Gasteiger partial charge in [-0.1, -0.05) is 62.4 Å². The molecule has 35 heavy (non-hydrogen) atoms. The lowest BCUT2D eigenvalue weighted by molar-refractivity contribution is -0.149. The highest BCUT2D eigenvalue weighted by molar-refractivity contribution is 5.90. The molecule has 0 bridgehead atoms. The first-order valence-electron chi connectivity index (χ1n) is 12.2. The number of hydrogen-bond donors (Lipinski definition) is 3. The van der Waals surface area contributed by atoms with E-state index < -0.39 is 23.7 Å². The van der Waals surface area contributed by atoms with Crippen molar-refractivity contribution in [3.63, 3.8) is 0 Å². The number of carbonyl (C=O) groups is 3. The van der Waals surface area contributed by atoms with Gasteiger partial charge in [-0.2, -0.15) is 0 Å². The molecule has 1 saturated heterocycles. The fourth-order valence-electron chi connectivity index (χ4n) is 5.05. The number of hydrogen-bond acceptors (Lipinski definition) is 5. The highest BCUT2D eigenvalue weighted by Gasteiger charge is 2.39. The van der Waals surface area contributed by atoms with Crippen LogP contribution < -0.4 is 10.6 Å². The van der Waals surface area contributed by atoms with Crippen molar-refractivity contribution in [2.45, 2.75) is 63.2 Å². The average Bonchev–Trinajstić information content (AvgIpc) is 3.48. The summed E-state index contributed by atoms with van der Waals surface area (Å²) < 4.78 is 11.1. The first-order valence-corrected chi connectivity index (χ1v) is 12.2. The Kier molecular flexibility index (Phi) is 7.40. The second-order valence-corrected chi connectivity index (χ2v) is 9.11. The summed E-state index contributed by atoms with van der Waals surface area (Å²) in [7, 11) is 0. The predicted octanol–water partition coefficient (Wildman–Crippen LogP) is 3.83. The number of fused-ring (bicyclic) bond motifs is 3. The molecular weight excluding hydrogens is 448 g/mol. The number of nitrogens with one attached hydrogen (secondary N) is 2. The molecule has 1 aliphatic heterocycles. The van der Waals surface area contributed by atoms with Crippen LogP contribution >= 0.6 is 0 Å². The second-order valence-electron chi connectivity index (χ2n) is 9.11. The van der Waals surface area contributed by atoms with E-state index in [1.165, 1.54) is 0 Å². The molecule has 2 atom stereocenters. The zero-order valence-electron chi connectivity index (χ0n) is 20.1. The summed E-state index contributed by atoms with van der Waals surface area (Å²) in [6, 6.07) is 16.2. The Labute approximate surface area is 205 Å². The van der Waals surface area contributed by atoms with Gasteiger partial charge < -0.3 is 25.2 Å². The molecule has 1 heterocycles. The molecule has 2 aromatic rings. The van der Waals surface area contributed by atoms with Crippen molar-refractivity contribution >= 4 is 18.0 Å². The topological polar surface area (TPSA) is 114 Å². The van der Waals surface area contributed by atoms with Crippen molar-refractivity contribution in [1.82, 2.24) is 10.6 Å². The molecule has 0 radical (unpaired) electrons. The van der Waals surface area contributed by atoms with Gasteiger partial charge in [0.2, 0.25) is 5.91 Å². The van der Waals surface area contributed by atoms with Crippen LogP contribution in [0.4, 0.5) is 4.79 Å². The molecule has 8 nitrogen and oxygen atoms in total. The molecule has 0 saturated carbocycles. The van der Waals surface area contributed by atoms with Gasteiger partial charge in [0.15, 0.2) is 6.10 Å². The lowest BCUT2D eigenvalue weighted by Gasteiger charge is -2.31. The van der Waals surface area contributed by atoms with E-state index in [1.807, 2.05) is 38.1 Å². The molecule has 2 aromatic carbocycles. The molecule has 0 spiro atoms. The largest absolute Gasteiger partial charge is 0.479 e. The van der Waals surface area contributed by atoms with Crippen LogP contribution in [0.2, 0.25) is 0 Å². The van der Waals surface area contributed by atoms with Gasteiger partial charge in [0.25, 0.3) is 0 Å². The van der Waals surface area contributed by atoms with E-state index in [2.05, 4.69) is 34.9 Å². The molecule has 8 heteroatoms. The van der Waals surface area contributed by atoms with Crippen LogP contribution in [0.3, 0.4) is 0 Å². The zero-order valence-corrected chi connectivity index (χ0v) is 20.1. The summed E-state index contributed by atoms with van der Waals surface area (Å²) in [5, 5.41) is 14.7. The number of benzene rings is 2. The highest BCUT2D eigenvalue weighted by atomic mass is 16.5. The third kappa shape index (κ3) is 5.03. The van der Waals surface area contributed by atoms with Crippen LogP contribution in [-0.4, -0.2) is 54.0 Å². The lowest BCUT2D eigenvalue weighted by atomic mass is 9.91. The third-order valence-electron chi connectivity index (χ3n) is 7.20. The van der Waals surface area contributed by atoms with E-state index in [1.54, 1.807) is 0 Å². The minimum absolute atomic E-state index is 0.0682. The Hall–Kier alpha value is -3.39. The Morgan fingerprint density at radius 3 is 2.14 bits per heavy atom. The number of amides is 2. The fraction of sp³-hybridized carbons (Fsp3) is 0.444. The molecular formula is C27H32N2O6. The second kappa shape index (κ2) is 10.5. The Bertz CT molecular complexity index is 1050. The number of carboxylic acid groups (broad SMARTS) is 1. The number of alkyl carbamates (subject to hydrolysis) is 1. The molecule has 1 aliphatic carbocycles. The molecule has 4 rings (SSSR count). The maximum absolute atomic E-state index is 13.1. The van der Waals surface area contributed by atoms with Crippen LogP contribution in [0.1, 0.15) is 56.6 Å². The number of carbonyl (C=O) groups excluding carboxylic acids is 2. The SMILES string of the molecule is CCC(CC)(NC(=O)OCC1c2ccccc2-c2ccccc21)C(=O)NCC1CCC(C(=O)O)O1. The minimum atomic E-state index is -1.13. The van der Waals surface area contributed by atoms with Crippen molar-refractivity contribution in [2.24, 2.45) is 0 Å². The summed E-state index contributed by atoms with van der Waals surface area (Å²) in [5.74, 6) is -1.40. The monoisotopic (exact) mass is 480 g/mol. The summed E-state index contributed by atoms with van der Waals surface area (Å²) in [5.41, 5.74) is 3.40. The minimum Gasteiger partial charge on any atom is -0.479 e. The van der Waals surface area contributed by atoms with Gasteiger partial charge in [0, 0.05) is 12.5 Å². The summed E-state index contributed by atoms with van der Waals surface area (Å²) in [6.45, 7) is 4.02. The smallest absolute Gasteiger partial charge is 0.408 e. The maximum atomic E-state index is 13.1. The first-order chi connectivity index (χ1) is 16.9. The third-order valence-corrected chi connectivity index (χ3v) is 7.20. The standard InChI is InChI=1S/C27H32N2O6/c1-3-27(4-2,25(32)28-15-17-13-14-23(35-17)24(30)31)29-26(33)34-16-22-20-11-7-5-9-18(20)19-10-6-8-12-21(19)22/h5-12,17,22-23H,3-4,13-16H2,1-2H3,(H,28,32)(H,29,33)(H,30,31). The number of rotatable bonds is 9. The lowest BCUT2D eigenvalue weighted by Crippen LogP contribution is -2.59. The van der Waals surface area contributed by atoms with Gasteiger partial charge in [0.1, 0.15) is 12.1 Å². The van der Waals surface area contributed by atoms with E-state index in [4.69, 9.17) is 14.6 Å². The molecule has 2 amide bonds. The van der Waals surface area contributed by atoms with E-state index >= 15 is 0 Å². The van der Waals surface area contributed by atoms with E-state index in [0.29, 0.717) is 25.7 Å². The van der Waals surface area contributed by atoms with Crippen LogP contribution in [0.15, 0.2) is 48.5 Å². The Morgan fingerprint density at radius 2 is 1.60 bits per heavy atom. The van der Waals surface area contributed by atoms with Crippen LogP contribution in [0.25, 0.3) is 11.1 Å². The number of aliphatic carboxylic acids is 1. The summed E-state index contributed by atoms with van der Waals surface area (Å²) in [6.07, 6.45) is -0.110. The molecule has 3 N–H and O–H groups in total. The summed E-state index contributed by atoms with van der Waals surface area (Å²) in [4.78, 5) is 37.0. The quantitative estimate of drug-likeness (QED) is 0.503. The van der Waals surface area contributed by atoms with E-state index in [-0.39, 0.29) is 31.1 Å². The van der Waals surface area contributed by atoms with E-state index in [9.17, 15) is 14.4 Å². The van der Waals surface area contributed by atoms with Gasteiger partial charge in [-0.3, -0.25) is 4.79 Å². The molecule has 1 fully saturated rings. The number of carboxylic acids is 1. The van der Waals surface area contributed by atoms with Crippen molar-refractivity contribution in [3.05, 3.63) is 59.7 Å². The predicted molar refractivity (Wildman–Crippen MR) is 130 cm³/mol. The van der Waals surface area contributed by atoms with Gasteiger partial charge in [-0.25, -0.2) is 9.59 Å². The van der Waals surface area contributed by atoms with Crippen LogP contribution in [0.5, 0.6) is 0 Å². The molecule has 2 aliphatic rings. The van der Waals surface area contributed by atoms with Crippen LogP contribution in [-0.2, 0) is 19.1 Å². The molecule has 0 aromatic heterocycles. The Morgan fingerprint density at radius 1 is 1.00 bits per heavy atom. The summed E-state index contributed by atoms with van der Waals surface area (Å²) >= 11 is 0. The maximum Gasteiger partial charge on any atom is 0.408 e. The normalized spacial score (nSPS) is 19.0. The molecule has 186 valence electrons. The van der Waals surface area contributed by atoms with Crippen molar-refractivity contribution < 1.29 is 29.0 Å². The zero-order chi connectivity index (χ0) is 25.0. The first kappa shape index (κ1) is 24.7. The van der Waals surface area contributed by atoms with Gasteiger partial charge in [-0.15, -0.1) is 0 Å². The highest BCUT2D eigenvalue weighted by Crippen LogP contribution is 2.44. The fourth-order valence-corrected chi connectivity index (χ4v) is 5.05. The van der Waals surface area contributed by atoms with Crippen LogP contribution in [0, 0.1) is 0 Å². The van der Waals surface area contributed by atoms with Crippen molar-refractivity contribution in [1.29, 1.82) is 0 Å².